The van der Waals surface area contributed by atoms with E-state index in [9.17, 15) is 4.79 Å². The Balaban J connectivity index is 1.42. The number of ether oxygens (including phenoxy) is 4. The van der Waals surface area contributed by atoms with E-state index >= 15 is 0 Å². The van der Waals surface area contributed by atoms with Gasteiger partial charge in [0.15, 0.2) is 23.0 Å². The summed E-state index contributed by atoms with van der Waals surface area (Å²) in [4.78, 5) is 12.3. The molecule has 0 atom stereocenters. The second-order valence-electron chi connectivity index (χ2n) is 8.52. The first-order chi connectivity index (χ1) is 19.5. The van der Waals surface area contributed by atoms with Crippen LogP contribution < -0.4 is 24.4 Å². The van der Waals surface area contributed by atoms with E-state index in [1.807, 2.05) is 55.5 Å². The molecule has 1 amide bonds. The molecule has 206 valence electrons. The van der Waals surface area contributed by atoms with Gasteiger partial charge in [0.2, 0.25) is 0 Å². The summed E-state index contributed by atoms with van der Waals surface area (Å²) >= 11 is 12.4. The van der Waals surface area contributed by atoms with Gasteiger partial charge in [0.1, 0.15) is 13.2 Å². The third-order valence-corrected chi connectivity index (χ3v) is 6.20. The van der Waals surface area contributed by atoms with E-state index in [0.29, 0.717) is 57.4 Å². The van der Waals surface area contributed by atoms with Gasteiger partial charge in [0.25, 0.3) is 5.91 Å². The Morgan fingerprint density at radius 2 is 1.57 bits per heavy atom. The minimum absolute atomic E-state index is 0.222. The molecule has 0 spiro atoms. The van der Waals surface area contributed by atoms with Gasteiger partial charge in [-0.15, -0.1) is 0 Å². The first kappa shape index (κ1) is 28.8. The molecule has 0 fully saturated rings. The van der Waals surface area contributed by atoms with Crippen molar-refractivity contribution in [2.75, 3.05) is 13.7 Å². The van der Waals surface area contributed by atoms with Crippen LogP contribution in [0.25, 0.3) is 0 Å². The Kier molecular flexibility index (Phi) is 10.3. The molecule has 4 rings (SSSR count). The highest BCUT2D eigenvalue weighted by Crippen LogP contribution is 2.37. The zero-order chi connectivity index (χ0) is 28.3. The summed E-state index contributed by atoms with van der Waals surface area (Å²) in [5.41, 5.74) is 5.46. The van der Waals surface area contributed by atoms with Gasteiger partial charge in [0.05, 0.1) is 25.0 Å². The van der Waals surface area contributed by atoms with Crippen LogP contribution in [0.1, 0.15) is 34.0 Å². The van der Waals surface area contributed by atoms with Gasteiger partial charge in [-0.25, -0.2) is 5.43 Å². The molecule has 4 aromatic rings. The molecular formula is C31H28Cl2N2O5. The lowest BCUT2D eigenvalue weighted by Crippen LogP contribution is -2.17. The van der Waals surface area contributed by atoms with Crippen LogP contribution in [-0.2, 0) is 13.2 Å². The minimum atomic E-state index is -0.365. The molecule has 0 aliphatic heterocycles. The van der Waals surface area contributed by atoms with Crippen molar-refractivity contribution < 1.29 is 23.7 Å². The molecule has 9 heteroatoms. The van der Waals surface area contributed by atoms with Crippen LogP contribution in [0, 0.1) is 0 Å². The van der Waals surface area contributed by atoms with E-state index in [0.717, 1.165) is 11.1 Å². The fourth-order valence-corrected chi connectivity index (χ4v) is 4.11. The first-order valence-corrected chi connectivity index (χ1v) is 13.2. The molecule has 0 unspecified atom stereocenters. The number of carbonyl (C=O) groups is 1. The third-order valence-electron chi connectivity index (χ3n) is 5.67. The van der Waals surface area contributed by atoms with Crippen LogP contribution in [0.15, 0.2) is 90.0 Å². The molecule has 0 aliphatic rings. The second-order valence-corrected chi connectivity index (χ2v) is 9.36. The number of hydrazone groups is 1. The molecule has 0 bridgehead atoms. The van der Waals surface area contributed by atoms with Crippen molar-refractivity contribution in [2.45, 2.75) is 20.1 Å². The van der Waals surface area contributed by atoms with E-state index < -0.39 is 0 Å². The molecule has 0 radical (unpaired) electrons. The van der Waals surface area contributed by atoms with Crippen LogP contribution in [0.3, 0.4) is 0 Å². The number of carbonyl (C=O) groups excluding carboxylic acids is 1. The van der Waals surface area contributed by atoms with E-state index in [2.05, 4.69) is 10.5 Å². The maximum Gasteiger partial charge on any atom is 0.271 e. The molecule has 0 saturated carbocycles. The van der Waals surface area contributed by atoms with E-state index in [-0.39, 0.29) is 12.5 Å². The van der Waals surface area contributed by atoms with E-state index in [1.54, 1.807) is 43.5 Å². The van der Waals surface area contributed by atoms with Crippen molar-refractivity contribution in [1.29, 1.82) is 0 Å². The number of hydrogen-bond donors (Lipinski definition) is 1. The maximum atomic E-state index is 12.3. The second kappa shape index (κ2) is 14.3. The molecule has 4 aromatic carbocycles. The number of halogens is 2. The minimum Gasteiger partial charge on any atom is -0.493 e. The van der Waals surface area contributed by atoms with E-state index in [4.69, 9.17) is 42.1 Å². The van der Waals surface area contributed by atoms with Gasteiger partial charge in [-0.05, 0) is 72.1 Å². The summed E-state index contributed by atoms with van der Waals surface area (Å²) < 4.78 is 23.3. The molecule has 0 heterocycles. The Hall–Kier alpha value is -4.20. The number of nitrogens with zero attached hydrogens (tertiary/aromatic N) is 1. The lowest BCUT2D eigenvalue weighted by atomic mass is 10.2. The third kappa shape index (κ3) is 7.91. The standard InChI is InChI=1S/C31H28Cl2N2O5/c1-3-38-29-17-23(18-34-35-31(36)24-10-12-25(32)13-11-24)15-26(33)30(29)40-20-22-9-14-27(28(16-22)37-2)39-19-21-7-5-4-6-8-21/h4-18H,3,19-20H2,1-2H3,(H,35,36)/b34-18+. The summed E-state index contributed by atoms with van der Waals surface area (Å²) in [5.74, 6) is 1.72. The monoisotopic (exact) mass is 578 g/mol. The van der Waals surface area contributed by atoms with E-state index in [1.165, 1.54) is 6.21 Å². The average molecular weight is 579 g/mol. The predicted molar refractivity (Wildman–Crippen MR) is 157 cm³/mol. The normalized spacial score (nSPS) is 10.8. The molecule has 0 aliphatic carbocycles. The summed E-state index contributed by atoms with van der Waals surface area (Å²) in [6, 6.07) is 25.4. The average Bonchev–Trinajstić information content (AvgIpc) is 2.97. The molecule has 1 N–H and O–H groups in total. The highest BCUT2D eigenvalue weighted by Gasteiger charge is 2.14. The first-order valence-electron chi connectivity index (χ1n) is 12.5. The Morgan fingerprint density at radius 1 is 0.825 bits per heavy atom. The van der Waals surface area contributed by atoms with Gasteiger partial charge in [-0.2, -0.15) is 5.10 Å². The summed E-state index contributed by atoms with van der Waals surface area (Å²) in [5, 5.41) is 4.91. The van der Waals surface area contributed by atoms with Crippen LogP contribution >= 0.6 is 23.2 Å². The smallest absolute Gasteiger partial charge is 0.271 e. The molecular weight excluding hydrogens is 551 g/mol. The predicted octanol–water partition coefficient (Wildman–Crippen LogP) is 7.32. The van der Waals surface area contributed by atoms with Gasteiger partial charge in [-0.1, -0.05) is 59.6 Å². The fraction of sp³-hybridized carbons (Fsp3) is 0.161. The Labute approximate surface area is 243 Å². The largest absolute Gasteiger partial charge is 0.493 e. The number of nitrogens with one attached hydrogen (secondary N) is 1. The molecule has 7 nitrogen and oxygen atoms in total. The lowest BCUT2D eigenvalue weighted by Gasteiger charge is -2.16. The van der Waals surface area contributed by atoms with Gasteiger partial charge in [-0.3, -0.25) is 4.79 Å². The molecule has 0 aromatic heterocycles. The van der Waals surface area contributed by atoms with Crippen molar-refractivity contribution >= 4 is 35.3 Å². The zero-order valence-corrected chi connectivity index (χ0v) is 23.5. The van der Waals surface area contributed by atoms with Gasteiger partial charge < -0.3 is 18.9 Å². The van der Waals surface area contributed by atoms with Crippen LogP contribution in [0.4, 0.5) is 0 Å². The summed E-state index contributed by atoms with van der Waals surface area (Å²) in [7, 11) is 1.59. The number of methoxy groups -OCH3 is 1. The Morgan fingerprint density at radius 3 is 2.30 bits per heavy atom. The topological polar surface area (TPSA) is 78.4 Å². The van der Waals surface area contributed by atoms with Crippen LogP contribution in [0.5, 0.6) is 23.0 Å². The molecule has 40 heavy (non-hydrogen) atoms. The maximum absolute atomic E-state index is 12.3. The number of hydrogen-bond acceptors (Lipinski definition) is 6. The fourth-order valence-electron chi connectivity index (χ4n) is 3.71. The summed E-state index contributed by atoms with van der Waals surface area (Å²) in [6.07, 6.45) is 1.48. The van der Waals surface area contributed by atoms with Crippen molar-refractivity contribution in [3.63, 3.8) is 0 Å². The quantitative estimate of drug-likeness (QED) is 0.141. The number of amides is 1. The van der Waals surface area contributed by atoms with Gasteiger partial charge >= 0.3 is 0 Å². The van der Waals surface area contributed by atoms with Crippen molar-refractivity contribution in [2.24, 2.45) is 5.10 Å². The highest BCUT2D eigenvalue weighted by atomic mass is 35.5. The SMILES string of the molecule is CCOc1cc(/C=N/NC(=O)c2ccc(Cl)cc2)cc(Cl)c1OCc1ccc(OCc2ccccc2)c(OC)c1. The molecule has 0 saturated heterocycles. The number of rotatable bonds is 12. The number of benzene rings is 4. The van der Waals surface area contributed by atoms with Crippen molar-refractivity contribution in [1.82, 2.24) is 5.43 Å². The lowest BCUT2D eigenvalue weighted by molar-refractivity contribution is 0.0955. The zero-order valence-electron chi connectivity index (χ0n) is 22.0. The Bertz CT molecular complexity index is 1460. The summed E-state index contributed by atoms with van der Waals surface area (Å²) in [6.45, 7) is 2.92. The van der Waals surface area contributed by atoms with Crippen LogP contribution in [-0.4, -0.2) is 25.8 Å². The van der Waals surface area contributed by atoms with Crippen molar-refractivity contribution in [3.05, 3.63) is 117 Å². The van der Waals surface area contributed by atoms with Crippen LogP contribution in [0.2, 0.25) is 10.0 Å². The highest BCUT2D eigenvalue weighted by molar-refractivity contribution is 6.32. The van der Waals surface area contributed by atoms with Gasteiger partial charge in [0, 0.05) is 10.6 Å². The van der Waals surface area contributed by atoms with Crippen molar-refractivity contribution in [3.8, 4) is 23.0 Å².